The summed E-state index contributed by atoms with van der Waals surface area (Å²) in [6.07, 6.45) is -4.24. The van der Waals surface area contributed by atoms with Crippen molar-refractivity contribution in [3.8, 4) is 0 Å². The molecule has 1 nitrogen and oxygen atoms in total. The van der Waals surface area contributed by atoms with E-state index in [1.807, 2.05) is 0 Å². The molecule has 0 saturated carbocycles. The molecule has 0 bridgehead atoms. The van der Waals surface area contributed by atoms with Gasteiger partial charge in [-0.25, -0.2) is 4.39 Å². The van der Waals surface area contributed by atoms with Gasteiger partial charge >= 0.3 is 6.18 Å². The van der Waals surface area contributed by atoms with Crippen LogP contribution in [0.25, 0.3) is 0 Å². The quantitative estimate of drug-likeness (QED) is 0.760. The van der Waals surface area contributed by atoms with Crippen LogP contribution in [0.5, 0.6) is 0 Å². The fraction of sp³-hybridized carbons (Fsp3) is 0.455. The maximum Gasteiger partial charge on any atom is 0.401 e. The normalized spacial score (nSPS) is 12.2. The third-order valence-corrected chi connectivity index (χ3v) is 2.64. The number of hydrogen-bond donors (Lipinski definition) is 0. The van der Waals surface area contributed by atoms with E-state index in [1.54, 1.807) is 13.0 Å². The molecule has 0 saturated heterocycles. The first-order valence-corrected chi connectivity index (χ1v) is 5.83. The highest BCUT2D eigenvalue weighted by Crippen LogP contribution is 2.20. The second kappa shape index (κ2) is 5.82. The monoisotopic (exact) mass is 313 g/mol. The number of benzene rings is 1. The van der Waals surface area contributed by atoms with Gasteiger partial charge in [-0.05, 0) is 30.3 Å². The molecule has 0 fully saturated rings. The molecule has 0 aliphatic heterocycles. The Labute approximate surface area is 106 Å². The van der Waals surface area contributed by atoms with E-state index in [9.17, 15) is 17.6 Å². The summed E-state index contributed by atoms with van der Waals surface area (Å²) in [5.74, 6) is -0.461. The molecule has 0 radical (unpaired) electrons. The van der Waals surface area contributed by atoms with Gasteiger partial charge in [0.05, 0.1) is 6.54 Å². The number of nitrogens with zero attached hydrogens (tertiary/aromatic N) is 1. The first-order chi connectivity index (χ1) is 7.80. The van der Waals surface area contributed by atoms with E-state index in [2.05, 4.69) is 15.9 Å². The standard InChI is InChI=1S/C11H12BrF4N/c1-2-17(7-11(14,15)16)6-8-3-9(12)5-10(13)4-8/h3-5H,2,6-7H2,1H3. The first kappa shape index (κ1) is 14.4. The van der Waals surface area contributed by atoms with E-state index in [-0.39, 0.29) is 13.1 Å². The first-order valence-electron chi connectivity index (χ1n) is 5.04. The Bertz CT molecular complexity index is 358. The topological polar surface area (TPSA) is 3.24 Å². The third kappa shape index (κ3) is 5.50. The van der Waals surface area contributed by atoms with Crippen LogP contribution in [0.15, 0.2) is 22.7 Å². The van der Waals surface area contributed by atoms with Gasteiger partial charge in [-0.2, -0.15) is 13.2 Å². The number of alkyl halides is 3. The zero-order valence-corrected chi connectivity index (χ0v) is 10.8. The van der Waals surface area contributed by atoms with Crippen molar-refractivity contribution >= 4 is 15.9 Å². The van der Waals surface area contributed by atoms with Crippen molar-refractivity contribution in [3.63, 3.8) is 0 Å². The molecular formula is C11H12BrF4N. The molecule has 17 heavy (non-hydrogen) atoms. The number of halogens is 5. The summed E-state index contributed by atoms with van der Waals surface area (Å²) in [5, 5.41) is 0. The minimum absolute atomic E-state index is 0.0758. The SMILES string of the molecule is CCN(Cc1cc(F)cc(Br)c1)CC(F)(F)F. The van der Waals surface area contributed by atoms with Crippen LogP contribution in [-0.4, -0.2) is 24.2 Å². The molecule has 1 aromatic rings. The van der Waals surface area contributed by atoms with Crippen LogP contribution in [0.1, 0.15) is 12.5 Å². The van der Waals surface area contributed by atoms with Crippen molar-refractivity contribution in [2.75, 3.05) is 13.1 Å². The highest BCUT2D eigenvalue weighted by atomic mass is 79.9. The minimum Gasteiger partial charge on any atom is -0.291 e. The molecule has 0 aliphatic rings. The van der Waals surface area contributed by atoms with Crippen LogP contribution >= 0.6 is 15.9 Å². The van der Waals surface area contributed by atoms with Crippen LogP contribution in [0.3, 0.4) is 0 Å². The van der Waals surface area contributed by atoms with Crippen molar-refractivity contribution in [1.29, 1.82) is 0 Å². The highest BCUT2D eigenvalue weighted by Gasteiger charge is 2.30. The van der Waals surface area contributed by atoms with Crippen molar-refractivity contribution in [2.24, 2.45) is 0 Å². The zero-order chi connectivity index (χ0) is 13.1. The Hall–Kier alpha value is -0.620. The molecule has 96 valence electrons. The maximum absolute atomic E-state index is 13.0. The van der Waals surface area contributed by atoms with Crippen LogP contribution in [0.2, 0.25) is 0 Å². The Balaban J connectivity index is 2.73. The summed E-state index contributed by atoms with van der Waals surface area (Å²) in [5.41, 5.74) is 0.517. The smallest absolute Gasteiger partial charge is 0.291 e. The summed E-state index contributed by atoms with van der Waals surface area (Å²) in [7, 11) is 0. The van der Waals surface area contributed by atoms with Crippen molar-refractivity contribution in [2.45, 2.75) is 19.6 Å². The molecule has 0 unspecified atom stereocenters. The van der Waals surface area contributed by atoms with Gasteiger partial charge in [-0.1, -0.05) is 22.9 Å². The Morgan fingerprint density at radius 2 is 1.88 bits per heavy atom. The van der Waals surface area contributed by atoms with Crippen LogP contribution < -0.4 is 0 Å². The largest absolute Gasteiger partial charge is 0.401 e. The van der Waals surface area contributed by atoms with Crippen molar-refractivity contribution < 1.29 is 17.6 Å². The lowest BCUT2D eigenvalue weighted by molar-refractivity contribution is -0.146. The van der Waals surface area contributed by atoms with Gasteiger partial charge in [-0.3, -0.25) is 4.90 Å². The van der Waals surface area contributed by atoms with Gasteiger partial charge in [0, 0.05) is 11.0 Å². The predicted molar refractivity (Wildman–Crippen MR) is 61.1 cm³/mol. The maximum atomic E-state index is 13.0. The molecule has 0 spiro atoms. The molecular weight excluding hydrogens is 302 g/mol. The predicted octanol–water partition coefficient (Wildman–Crippen LogP) is 3.97. The van der Waals surface area contributed by atoms with Crippen LogP contribution in [0.4, 0.5) is 17.6 Å². The van der Waals surface area contributed by atoms with E-state index >= 15 is 0 Å². The summed E-state index contributed by atoms with van der Waals surface area (Å²) >= 11 is 3.11. The Morgan fingerprint density at radius 1 is 1.24 bits per heavy atom. The molecule has 1 rings (SSSR count). The molecule has 0 aromatic heterocycles. The number of hydrogen-bond acceptors (Lipinski definition) is 1. The lowest BCUT2D eigenvalue weighted by Gasteiger charge is -2.22. The third-order valence-electron chi connectivity index (χ3n) is 2.18. The van der Waals surface area contributed by atoms with E-state index in [0.717, 1.165) is 0 Å². The van der Waals surface area contributed by atoms with E-state index in [4.69, 9.17) is 0 Å². The molecule has 1 aromatic carbocycles. The molecule has 0 atom stereocenters. The Kier molecular flexibility index (Phi) is 4.94. The highest BCUT2D eigenvalue weighted by molar-refractivity contribution is 9.10. The van der Waals surface area contributed by atoms with Gasteiger partial charge in [-0.15, -0.1) is 0 Å². The second-order valence-electron chi connectivity index (χ2n) is 3.70. The van der Waals surface area contributed by atoms with Gasteiger partial charge < -0.3 is 0 Å². The summed E-state index contributed by atoms with van der Waals surface area (Å²) in [4.78, 5) is 1.21. The van der Waals surface area contributed by atoms with Gasteiger partial charge in [0.2, 0.25) is 0 Å². The summed E-state index contributed by atoms with van der Waals surface area (Å²) in [6.45, 7) is 0.984. The van der Waals surface area contributed by atoms with Crippen molar-refractivity contribution in [3.05, 3.63) is 34.1 Å². The van der Waals surface area contributed by atoms with Gasteiger partial charge in [0.25, 0.3) is 0 Å². The van der Waals surface area contributed by atoms with E-state index in [1.165, 1.54) is 17.0 Å². The minimum atomic E-state index is -4.24. The fourth-order valence-corrected chi connectivity index (χ4v) is 2.01. The molecule has 0 aliphatic carbocycles. The average Bonchev–Trinajstić information content (AvgIpc) is 2.12. The summed E-state index contributed by atoms with van der Waals surface area (Å²) < 4.78 is 50.3. The zero-order valence-electron chi connectivity index (χ0n) is 9.19. The molecule has 0 N–H and O–H groups in total. The Morgan fingerprint density at radius 3 is 2.35 bits per heavy atom. The van der Waals surface area contributed by atoms with Gasteiger partial charge in [0.15, 0.2) is 0 Å². The van der Waals surface area contributed by atoms with E-state index < -0.39 is 18.5 Å². The lowest BCUT2D eigenvalue weighted by atomic mass is 10.2. The van der Waals surface area contributed by atoms with Crippen LogP contribution in [-0.2, 0) is 6.54 Å². The lowest BCUT2D eigenvalue weighted by Crippen LogP contribution is -2.33. The second-order valence-corrected chi connectivity index (χ2v) is 4.61. The molecule has 0 amide bonds. The fourth-order valence-electron chi connectivity index (χ4n) is 1.49. The average molecular weight is 314 g/mol. The molecule has 0 heterocycles. The van der Waals surface area contributed by atoms with Gasteiger partial charge in [0.1, 0.15) is 5.82 Å². The molecule has 6 heteroatoms. The van der Waals surface area contributed by atoms with E-state index in [0.29, 0.717) is 10.0 Å². The van der Waals surface area contributed by atoms with Crippen LogP contribution in [0, 0.1) is 5.82 Å². The summed E-state index contributed by atoms with van der Waals surface area (Å²) in [6, 6.07) is 4.12. The van der Waals surface area contributed by atoms with Crippen molar-refractivity contribution in [1.82, 2.24) is 4.90 Å². The number of rotatable bonds is 4.